The number of ketones is 1. The van der Waals surface area contributed by atoms with Crippen LogP contribution in [0.15, 0.2) is 36.4 Å². The molecule has 0 saturated heterocycles. The van der Waals surface area contributed by atoms with E-state index in [0.717, 1.165) is 6.29 Å². The average molecular weight is 328 g/mol. The van der Waals surface area contributed by atoms with Crippen LogP contribution in [0.25, 0.3) is 0 Å². The minimum absolute atomic E-state index is 0.00397. The fraction of sp³-hybridized carbons (Fsp3) is 0.222. The van der Waals surface area contributed by atoms with Crippen molar-refractivity contribution in [3.63, 3.8) is 0 Å². The number of aldehydes is 1. The molecule has 0 amide bonds. The highest BCUT2D eigenvalue weighted by atomic mass is 16.7. The van der Waals surface area contributed by atoms with Crippen molar-refractivity contribution in [2.45, 2.75) is 0 Å². The molecule has 1 aliphatic heterocycles. The molecule has 0 fully saturated rings. The number of fused-ring (bicyclic) bond motifs is 1. The topological polar surface area (TPSA) is 71.1 Å². The predicted octanol–water partition coefficient (Wildman–Crippen LogP) is 2.48. The number of benzene rings is 2. The molecule has 6 nitrogen and oxygen atoms in total. The zero-order valence-corrected chi connectivity index (χ0v) is 13.1. The molecule has 0 bridgehead atoms. The Balaban J connectivity index is 1.99. The quantitative estimate of drug-likeness (QED) is 0.461. The first kappa shape index (κ1) is 16.0. The highest BCUT2D eigenvalue weighted by molar-refractivity contribution is 6.11. The van der Waals surface area contributed by atoms with E-state index < -0.39 is 0 Å². The molecule has 0 aliphatic carbocycles. The second-order valence-corrected chi connectivity index (χ2v) is 5.11. The molecule has 0 atom stereocenters. The van der Waals surface area contributed by atoms with Gasteiger partial charge in [0.15, 0.2) is 24.1 Å². The van der Waals surface area contributed by atoms with Gasteiger partial charge >= 0.3 is 0 Å². The minimum Gasteiger partial charge on any atom is -0.486 e. The third-order valence-electron chi connectivity index (χ3n) is 3.53. The number of methoxy groups -OCH3 is 1. The van der Waals surface area contributed by atoms with Crippen molar-refractivity contribution >= 4 is 12.1 Å². The standard InChI is InChI=1S/C18H16O6/c1-21-11-24-15-9-17-16(22-6-7-23-17)8-14(15)18(20)13-4-2-12(10-19)3-5-13/h2-5,8-10H,6-7,11H2,1H3. The van der Waals surface area contributed by atoms with Crippen LogP contribution in [0.1, 0.15) is 26.3 Å². The van der Waals surface area contributed by atoms with E-state index in [2.05, 4.69) is 0 Å². The second kappa shape index (κ2) is 7.14. The van der Waals surface area contributed by atoms with Gasteiger partial charge in [0, 0.05) is 24.3 Å². The van der Waals surface area contributed by atoms with Crippen LogP contribution in [0.3, 0.4) is 0 Å². The number of hydrogen-bond donors (Lipinski definition) is 0. The molecular weight excluding hydrogens is 312 g/mol. The molecule has 124 valence electrons. The summed E-state index contributed by atoms with van der Waals surface area (Å²) in [6.07, 6.45) is 0.728. The number of carbonyl (C=O) groups excluding carboxylic acids is 2. The first-order valence-corrected chi connectivity index (χ1v) is 7.38. The van der Waals surface area contributed by atoms with Crippen molar-refractivity contribution in [2.75, 3.05) is 27.1 Å². The fourth-order valence-corrected chi connectivity index (χ4v) is 2.36. The van der Waals surface area contributed by atoms with Crippen LogP contribution >= 0.6 is 0 Å². The lowest BCUT2D eigenvalue weighted by Gasteiger charge is -2.21. The van der Waals surface area contributed by atoms with E-state index in [1.165, 1.54) is 7.11 Å². The molecule has 24 heavy (non-hydrogen) atoms. The Kier molecular flexibility index (Phi) is 4.77. The van der Waals surface area contributed by atoms with E-state index in [4.69, 9.17) is 18.9 Å². The fourth-order valence-electron chi connectivity index (χ4n) is 2.36. The predicted molar refractivity (Wildman–Crippen MR) is 85.2 cm³/mol. The van der Waals surface area contributed by atoms with E-state index >= 15 is 0 Å². The first-order chi connectivity index (χ1) is 11.7. The van der Waals surface area contributed by atoms with Gasteiger partial charge in [-0.1, -0.05) is 24.3 Å². The summed E-state index contributed by atoms with van der Waals surface area (Å²) in [6, 6.07) is 9.61. The molecule has 2 aromatic rings. The van der Waals surface area contributed by atoms with E-state index in [0.29, 0.717) is 47.2 Å². The van der Waals surface area contributed by atoms with Crippen LogP contribution in [0.2, 0.25) is 0 Å². The molecule has 0 spiro atoms. The van der Waals surface area contributed by atoms with Crippen LogP contribution in [0, 0.1) is 0 Å². The highest BCUT2D eigenvalue weighted by Gasteiger charge is 2.22. The summed E-state index contributed by atoms with van der Waals surface area (Å²) in [5.74, 6) is 1.14. The number of hydrogen-bond acceptors (Lipinski definition) is 6. The monoisotopic (exact) mass is 328 g/mol. The van der Waals surface area contributed by atoms with Gasteiger partial charge in [0.1, 0.15) is 25.2 Å². The Morgan fingerprint density at radius 2 is 1.79 bits per heavy atom. The third-order valence-corrected chi connectivity index (χ3v) is 3.53. The Bertz CT molecular complexity index is 751. The summed E-state index contributed by atoms with van der Waals surface area (Å²) in [5.41, 5.74) is 1.29. The number of carbonyl (C=O) groups is 2. The molecule has 0 N–H and O–H groups in total. The van der Waals surface area contributed by atoms with Crippen molar-refractivity contribution in [3.8, 4) is 17.2 Å². The van der Waals surface area contributed by atoms with Crippen LogP contribution in [-0.2, 0) is 4.74 Å². The number of rotatable bonds is 6. The Morgan fingerprint density at radius 1 is 1.12 bits per heavy atom. The molecule has 1 heterocycles. The summed E-state index contributed by atoms with van der Waals surface area (Å²) < 4.78 is 21.5. The van der Waals surface area contributed by atoms with Gasteiger partial charge < -0.3 is 18.9 Å². The van der Waals surface area contributed by atoms with E-state index in [-0.39, 0.29) is 12.6 Å². The molecular formula is C18H16O6. The second-order valence-electron chi connectivity index (χ2n) is 5.11. The van der Waals surface area contributed by atoms with Crippen molar-refractivity contribution in [3.05, 3.63) is 53.1 Å². The first-order valence-electron chi connectivity index (χ1n) is 7.38. The maximum Gasteiger partial charge on any atom is 0.196 e. The maximum atomic E-state index is 12.8. The lowest BCUT2D eigenvalue weighted by molar-refractivity contribution is 0.0498. The molecule has 0 radical (unpaired) electrons. The van der Waals surface area contributed by atoms with Gasteiger partial charge in [0.05, 0.1) is 5.56 Å². The average Bonchev–Trinajstić information content (AvgIpc) is 2.65. The molecule has 0 saturated carbocycles. The van der Waals surface area contributed by atoms with Crippen LogP contribution in [-0.4, -0.2) is 39.2 Å². The Hall–Kier alpha value is -2.86. The summed E-state index contributed by atoms with van der Waals surface area (Å²) in [6.45, 7) is 0.869. The molecule has 0 aromatic heterocycles. The minimum atomic E-state index is -0.240. The Labute approximate surface area is 138 Å². The maximum absolute atomic E-state index is 12.8. The largest absolute Gasteiger partial charge is 0.486 e. The van der Waals surface area contributed by atoms with Crippen LogP contribution < -0.4 is 14.2 Å². The summed E-state index contributed by atoms with van der Waals surface area (Å²) >= 11 is 0. The Morgan fingerprint density at radius 3 is 2.42 bits per heavy atom. The summed E-state index contributed by atoms with van der Waals surface area (Å²) in [5, 5.41) is 0. The van der Waals surface area contributed by atoms with Crippen molar-refractivity contribution < 1.29 is 28.5 Å². The SMILES string of the molecule is COCOc1cc2c(cc1C(=O)c1ccc(C=O)cc1)OCCO2. The van der Waals surface area contributed by atoms with Crippen molar-refractivity contribution in [2.24, 2.45) is 0 Å². The summed E-state index contributed by atoms with van der Waals surface area (Å²) in [7, 11) is 1.50. The van der Waals surface area contributed by atoms with Gasteiger partial charge in [-0.2, -0.15) is 0 Å². The van der Waals surface area contributed by atoms with Gasteiger partial charge in [0.2, 0.25) is 0 Å². The van der Waals surface area contributed by atoms with Crippen molar-refractivity contribution in [1.29, 1.82) is 0 Å². The van der Waals surface area contributed by atoms with Gasteiger partial charge in [-0.05, 0) is 6.07 Å². The molecule has 1 aliphatic rings. The van der Waals surface area contributed by atoms with Gasteiger partial charge in [-0.25, -0.2) is 0 Å². The van der Waals surface area contributed by atoms with Crippen LogP contribution in [0.4, 0.5) is 0 Å². The zero-order chi connectivity index (χ0) is 16.9. The molecule has 2 aromatic carbocycles. The van der Waals surface area contributed by atoms with E-state index in [9.17, 15) is 9.59 Å². The smallest absolute Gasteiger partial charge is 0.196 e. The lowest BCUT2D eigenvalue weighted by atomic mass is 10.0. The van der Waals surface area contributed by atoms with Gasteiger partial charge in [0.25, 0.3) is 0 Å². The zero-order valence-electron chi connectivity index (χ0n) is 13.1. The number of ether oxygens (including phenoxy) is 4. The third kappa shape index (κ3) is 3.23. The van der Waals surface area contributed by atoms with E-state index in [1.807, 2.05) is 0 Å². The summed E-state index contributed by atoms with van der Waals surface area (Å²) in [4.78, 5) is 23.6. The molecule has 6 heteroatoms. The molecule has 0 unspecified atom stereocenters. The highest BCUT2D eigenvalue weighted by Crippen LogP contribution is 2.37. The van der Waals surface area contributed by atoms with Crippen LogP contribution in [0.5, 0.6) is 17.2 Å². The lowest BCUT2D eigenvalue weighted by Crippen LogP contribution is -2.17. The molecule has 3 rings (SSSR count). The normalized spacial score (nSPS) is 12.5. The van der Waals surface area contributed by atoms with Gasteiger partial charge in [-0.3, -0.25) is 9.59 Å². The van der Waals surface area contributed by atoms with Crippen molar-refractivity contribution in [1.82, 2.24) is 0 Å². The van der Waals surface area contributed by atoms with Gasteiger partial charge in [-0.15, -0.1) is 0 Å². The van der Waals surface area contributed by atoms with E-state index in [1.54, 1.807) is 36.4 Å².